The van der Waals surface area contributed by atoms with Gasteiger partial charge in [0.15, 0.2) is 14.6 Å². The molecule has 24 heavy (non-hydrogen) atoms. The van der Waals surface area contributed by atoms with E-state index in [2.05, 4.69) is 20.9 Å². The first-order valence-electron chi connectivity index (χ1n) is 6.74. The van der Waals surface area contributed by atoms with E-state index >= 15 is 0 Å². The molecule has 2 aromatic rings. The van der Waals surface area contributed by atoms with E-state index in [4.69, 9.17) is 0 Å². The fraction of sp³-hybridized carbons (Fsp3) is 0.357. The highest BCUT2D eigenvalue weighted by atomic mass is 79.9. The van der Waals surface area contributed by atoms with Crippen molar-refractivity contribution in [3.63, 3.8) is 0 Å². The average molecular weight is 421 g/mol. The van der Waals surface area contributed by atoms with Crippen molar-refractivity contribution in [2.75, 3.05) is 6.26 Å². The van der Waals surface area contributed by atoms with Crippen LogP contribution < -0.4 is 5.56 Å². The van der Waals surface area contributed by atoms with Gasteiger partial charge < -0.3 is 5.11 Å². The van der Waals surface area contributed by atoms with E-state index < -0.39 is 31.9 Å². The Balaban J connectivity index is 2.44. The minimum Gasteiger partial charge on any atom is -0.480 e. The summed E-state index contributed by atoms with van der Waals surface area (Å²) in [5.74, 6) is -2.13. The summed E-state index contributed by atoms with van der Waals surface area (Å²) in [7, 11) is -3.90. The quantitative estimate of drug-likeness (QED) is 0.786. The smallest absolute Gasteiger partial charge is 0.324 e. The highest BCUT2D eigenvalue weighted by Gasteiger charge is 2.43. The normalized spacial score (nSPS) is 14.5. The average Bonchev–Trinajstić information content (AvgIpc) is 2.47. The van der Waals surface area contributed by atoms with Gasteiger partial charge in [0.2, 0.25) is 0 Å². The SMILES string of the molecule is C[C@@](CCn1cnc2cc(Br)c(F)cc2c1=O)(C(=O)O)S(C)(=O)=O. The summed E-state index contributed by atoms with van der Waals surface area (Å²) in [6, 6.07) is 2.38. The number of aromatic nitrogens is 2. The highest BCUT2D eigenvalue weighted by Crippen LogP contribution is 2.23. The first kappa shape index (κ1) is 18.5. The molecular weight excluding hydrogens is 407 g/mol. The van der Waals surface area contributed by atoms with Crippen LogP contribution in [0.1, 0.15) is 13.3 Å². The lowest BCUT2D eigenvalue weighted by atomic mass is 10.1. The summed E-state index contributed by atoms with van der Waals surface area (Å²) < 4.78 is 36.3. The molecule has 1 heterocycles. The number of benzene rings is 1. The molecule has 0 saturated heterocycles. The van der Waals surface area contributed by atoms with Crippen molar-refractivity contribution in [3.8, 4) is 0 Å². The zero-order valence-corrected chi connectivity index (χ0v) is 15.2. The topological polar surface area (TPSA) is 106 Å². The van der Waals surface area contributed by atoms with Gasteiger partial charge in [0.1, 0.15) is 5.82 Å². The monoisotopic (exact) mass is 420 g/mol. The van der Waals surface area contributed by atoms with Crippen molar-refractivity contribution >= 4 is 42.6 Å². The van der Waals surface area contributed by atoms with Gasteiger partial charge in [-0.15, -0.1) is 0 Å². The molecule has 1 atom stereocenters. The molecule has 0 aliphatic heterocycles. The maximum absolute atomic E-state index is 13.6. The lowest BCUT2D eigenvalue weighted by Gasteiger charge is -2.22. The standard InChI is InChI=1S/C14H14BrFN2O5S/c1-14(13(20)21,24(2,22)23)3-4-18-7-17-11-6-9(15)10(16)5-8(11)12(18)19/h5-7H,3-4H2,1-2H3,(H,20,21)/t14-/m1/s1. The Kier molecular flexibility index (Phi) is 4.82. The van der Waals surface area contributed by atoms with Crippen LogP contribution in [0.3, 0.4) is 0 Å². The van der Waals surface area contributed by atoms with Crippen LogP contribution in [0.2, 0.25) is 0 Å². The van der Waals surface area contributed by atoms with Gasteiger partial charge in [-0.3, -0.25) is 14.2 Å². The van der Waals surface area contributed by atoms with Crippen molar-refractivity contribution in [1.82, 2.24) is 9.55 Å². The molecule has 10 heteroatoms. The third-order valence-electron chi connectivity index (χ3n) is 3.97. The minimum absolute atomic E-state index is 0.0228. The Hall–Kier alpha value is -1.81. The van der Waals surface area contributed by atoms with Gasteiger partial charge in [0.25, 0.3) is 5.56 Å². The Labute approximate surface area is 145 Å². The zero-order chi connectivity index (χ0) is 18.3. The van der Waals surface area contributed by atoms with Crippen LogP contribution in [-0.2, 0) is 21.2 Å². The van der Waals surface area contributed by atoms with Gasteiger partial charge in [-0.2, -0.15) is 0 Å². The van der Waals surface area contributed by atoms with Crippen LogP contribution in [0, 0.1) is 5.82 Å². The van der Waals surface area contributed by atoms with E-state index in [-0.39, 0.29) is 28.3 Å². The number of aryl methyl sites for hydroxylation is 1. The van der Waals surface area contributed by atoms with Crippen LogP contribution in [0.25, 0.3) is 10.9 Å². The van der Waals surface area contributed by atoms with Crippen molar-refractivity contribution < 1.29 is 22.7 Å². The Bertz CT molecular complexity index is 989. The number of carboxylic acids is 1. The molecule has 0 fully saturated rings. The van der Waals surface area contributed by atoms with E-state index in [0.29, 0.717) is 0 Å². The number of aliphatic carboxylic acids is 1. The Morgan fingerprint density at radius 1 is 1.46 bits per heavy atom. The summed E-state index contributed by atoms with van der Waals surface area (Å²) in [5, 5.41) is 9.24. The molecule has 0 radical (unpaired) electrons. The van der Waals surface area contributed by atoms with Crippen LogP contribution in [0.15, 0.2) is 27.7 Å². The van der Waals surface area contributed by atoms with Crippen LogP contribution in [-0.4, -0.2) is 40.0 Å². The second kappa shape index (κ2) is 6.25. The van der Waals surface area contributed by atoms with Gasteiger partial charge in [-0.05, 0) is 41.4 Å². The number of hydrogen-bond donors (Lipinski definition) is 1. The van der Waals surface area contributed by atoms with E-state index in [1.165, 1.54) is 12.4 Å². The number of nitrogens with zero attached hydrogens (tertiary/aromatic N) is 2. The molecule has 0 bridgehead atoms. The second-order valence-electron chi connectivity index (χ2n) is 5.58. The summed E-state index contributed by atoms with van der Waals surface area (Å²) in [4.78, 5) is 27.7. The van der Waals surface area contributed by atoms with Crippen molar-refractivity contribution in [2.24, 2.45) is 0 Å². The second-order valence-corrected chi connectivity index (χ2v) is 8.88. The minimum atomic E-state index is -3.90. The molecule has 0 amide bonds. The maximum atomic E-state index is 13.6. The maximum Gasteiger partial charge on any atom is 0.324 e. The molecule has 1 N–H and O–H groups in total. The summed E-state index contributed by atoms with van der Waals surface area (Å²) in [5.41, 5.74) is -0.304. The molecule has 0 aliphatic rings. The lowest BCUT2D eigenvalue weighted by Crippen LogP contribution is -2.44. The van der Waals surface area contributed by atoms with E-state index in [1.54, 1.807) is 0 Å². The molecular formula is C14H14BrFN2O5S. The number of halogens is 2. The van der Waals surface area contributed by atoms with Gasteiger partial charge in [0, 0.05) is 12.8 Å². The number of carboxylic acid groups (broad SMARTS) is 1. The fourth-order valence-electron chi connectivity index (χ4n) is 2.10. The molecule has 0 saturated carbocycles. The largest absolute Gasteiger partial charge is 0.480 e. The van der Waals surface area contributed by atoms with Crippen molar-refractivity contribution in [2.45, 2.75) is 24.6 Å². The lowest BCUT2D eigenvalue weighted by molar-refractivity contribution is -0.139. The summed E-state index contributed by atoms with van der Waals surface area (Å²) in [6.45, 7) is 0.899. The summed E-state index contributed by atoms with van der Waals surface area (Å²) >= 11 is 3.00. The number of hydrogen-bond acceptors (Lipinski definition) is 5. The molecule has 2 rings (SSSR count). The predicted molar refractivity (Wildman–Crippen MR) is 89.2 cm³/mol. The molecule has 0 spiro atoms. The highest BCUT2D eigenvalue weighted by molar-refractivity contribution is 9.10. The molecule has 0 aliphatic carbocycles. The number of sulfone groups is 1. The molecule has 1 aromatic carbocycles. The molecule has 130 valence electrons. The van der Waals surface area contributed by atoms with Crippen molar-refractivity contribution in [3.05, 3.63) is 39.1 Å². The number of fused-ring (bicyclic) bond motifs is 1. The molecule has 0 unspecified atom stereocenters. The van der Waals surface area contributed by atoms with Gasteiger partial charge >= 0.3 is 5.97 Å². The van der Waals surface area contributed by atoms with E-state index in [1.807, 2.05) is 0 Å². The van der Waals surface area contributed by atoms with Crippen LogP contribution in [0.5, 0.6) is 0 Å². The third kappa shape index (κ3) is 3.20. The van der Waals surface area contributed by atoms with Gasteiger partial charge in [-0.1, -0.05) is 0 Å². The van der Waals surface area contributed by atoms with E-state index in [0.717, 1.165) is 23.8 Å². The number of carbonyl (C=O) groups is 1. The molecule has 7 nitrogen and oxygen atoms in total. The fourth-order valence-corrected chi connectivity index (χ4v) is 3.21. The van der Waals surface area contributed by atoms with Gasteiger partial charge in [-0.25, -0.2) is 17.8 Å². The van der Waals surface area contributed by atoms with E-state index in [9.17, 15) is 27.5 Å². The van der Waals surface area contributed by atoms with Crippen molar-refractivity contribution in [1.29, 1.82) is 0 Å². The van der Waals surface area contributed by atoms with Crippen LogP contribution >= 0.6 is 15.9 Å². The van der Waals surface area contributed by atoms with Crippen LogP contribution in [0.4, 0.5) is 4.39 Å². The number of rotatable bonds is 5. The molecule has 1 aromatic heterocycles. The van der Waals surface area contributed by atoms with Gasteiger partial charge in [0.05, 0.1) is 21.7 Å². The first-order chi connectivity index (χ1) is 11.0. The zero-order valence-electron chi connectivity index (χ0n) is 12.8. The Morgan fingerprint density at radius 2 is 2.08 bits per heavy atom. The first-order valence-corrected chi connectivity index (χ1v) is 9.43. The Morgan fingerprint density at radius 3 is 2.62 bits per heavy atom. The third-order valence-corrected chi connectivity index (χ3v) is 6.59. The predicted octanol–water partition coefficient (Wildman–Crippen LogP) is 1.58. The summed E-state index contributed by atoms with van der Waals surface area (Å²) in [6.07, 6.45) is 1.68.